The number of nitrogens with one attached hydrogen (secondary N) is 1. The summed E-state index contributed by atoms with van der Waals surface area (Å²) in [6.07, 6.45) is 1.37. The highest BCUT2D eigenvalue weighted by Crippen LogP contribution is 2.24. The van der Waals surface area contributed by atoms with Crippen molar-refractivity contribution >= 4 is 11.8 Å². The lowest BCUT2D eigenvalue weighted by Gasteiger charge is -2.31. The Morgan fingerprint density at radius 1 is 1.30 bits per heavy atom. The van der Waals surface area contributed by atoms with Crippen molar-refractivity contribution < 1.29 is 14.7 Å². The number of phenols is 1. The smallest absolute Gasteiger partial charge is 0.254 e. The van der Waals surface area contributed by atoms with Crippen molar-refractivity contribution in [3.63, 3.8) is 0 Å². The van der Waals surface area contributed by atoms with Crippen molar-refractivity contribution in [3.05, 3.63) is 29.3 Å². The maximum absolute atomic E-state index is 12.4. The molecule has 1 saturated heterocycles. The summed E-state index contributed by atoms with van der Waals surface area (Å²) >= 11 is 0. The molecule has 2 N–H and O–H groups in total. The minimum atomic E-state index is -0.0752. The largest absolute Gasteiger partial charge is 0.508 e. The molecule has 1 fully saturated rings. The second-order valence-corrected chi connectivity index (χ2v) is 5.13. The number of benzene rings is 1. The van der Waals surface area contributed by atoms with Crippen molar-refractivity contribution in [3.8, 4) is 5.75 Å². The second-order valence-electron chi connectivity index (χ2n) is 5.13. The lowest BCUT2D eigenvalue weighted by molar-refractivity contribution is -0.125. The average molecular weight is 276 g/mol. The quantitative estimate of drug-likeness (QED) is 0.855. The van der Waals surface area contributed by atoms with E-state index in [9.17, 15) is 14.7 Å². The van der Waals surface area contributed by atoms with Crippen LogP contribution in [-0.2, 0) is 4.79 Å². The Morgan fingerprint density at radius 3 is 2.55 bits per heavy atom. The molecule has 0 atom stereocenters. The Kier molecular flexibility index (Phi) is 4.27. The summed E-state index contributed by atoms with van der Waals surface area (Å²) in [7, 11) is 1.63. The number of carbonyl (C=O) groups is 2. The van der Waals surface area contributed by atoms with E-state index in [1.807, 2.05) is 0 Å². The van der Waals surface area contributed by atoms with E-state index in [2.05, 4.69) is 5.32 Å². The van der Waals surface area contributed by atoms with Crippen LogP contribution >= 0.6 is 0 Å². The maximum atomic E-state index is 12.4. The predicted octanol–water partition coefficient (Wildman–Crippen LogP) is 1.30. The van der Waals surface area contributed by atoms with Crippen molar-refractivity contribution in [2.75, 3.05) is 20.1 Å². The number of piperidine rings is 1. The lowest BCUT2D eigenvalue weighted by atomic mass is 9.95. The van der Waals surface area contributed by atoms with Crippen LogP contribution in [0.25, 0.3) is 0 Å². The van der Waals surface area contributed by atoms with E-state index in [-0.39, 0.29) is 23.5 Å². The van der Waals surface area contributed by atoms with Gasteiger partial charge in [-0.05, 0) is 31.9 Å². The molecule has 0 saturated carbocycles. The Balaban J connectivity index is 2.05. The highest BCUT2D eigenvalue weighted by atomic mass is 16.3. The van der Waals surface area contributed by atoms with E-state index < -0.39 is 0 Å². The van der Waals surface area contributed by atoms with Gasteiger partial charge in [0.1, 0.15) is 5.75 Å². The number of nitrogens with zero attached hydrogens (tertiary/aromatic N) is 1. The molecule has 0 aliphatic carbocycles. The number of hydrogen-bond donors (Lipinski definition) is 2. The van der Waals surface area contributed by atoms with Gasteiger partial charge in [0.05, 0.1) is 0 Å². The molecule has 1 aromatic rings. The van der Waals surface area contributed by atoms with Crippen LogP contribution < -0.4 is 5.32 Å². The van der Waals surface area contributed by atoms with Gasteiger partial charge >= 0.3 is 0 Å². The van der Waals surface area contributed by atoms with Crippen LogP contribution in [-0.4, -0.2) is 42.0 Å². The third-order valence-electron chi connectivity index (χ3n) is 3.93. The van der Waals surface area contributed by atoms with E-state index in [4.69, 9.17) is 0 Å². The number of likely N-dealkylation sites (tertiary alicyclic amines) is 1. The number of amides is 2. The zero-order valence-electron chi connectivity index (χ0n) is 11.8. The van der Waals surface area contributed by atoms with Gasteiger partial charge in [0.25, 0.3) is 5.91 Å². The first-order valence-electron chi connectivity index (χ1n) is 6.84. The zero-order valence-corrected chi connectivity index (χ0v) is 11.8. The van der Waals surface area contributed by atoms with Crippen LogP contribution in [0.2, 0.25) is 0 Å². The number of hydrogen-bond acceptors (Lipinski definition) is 3. The van der Waals surface area contributed by atoms with E-state index in [1.54, 1.807) is 37.1 Å². The Morgan fingerprint density at radius 2 is 1.95 bits per heavy atom. The van der Waals surface area contributed by atoms with Crippen molar-refractivity contribution in [1.29, 1.82) is 0 Å². The van der Waals surface area contributed by atoms with Gasteiger partial charge in [0.15, 0.2) is 0 Å². The SMILES string of the molecule is CNC(=O)C1CCN(C(=O)c2cccc(O)c2C)CC1. The normalized spacial score (nSPS) is 16.0. The first kappa shape index (κ1) is 14.4. The molecule has 108 valence electrons. The van der Waals surface area contributed by atoms with Gasteiger partial charge in [0.2, 0.25) is 5.91 Å². The average Bonchev–Trinajstić information content (AvgIpc) is 2.48. The zero-order chi connectivity index (χ0) is 14.7. The monoisotopic (exact) mass is 276 g/mol. The van der Waals surface area contributed by atoms with E-state index >= 15 is 0 Å². The summed E-state index contributed by atoms with van der Waals surface area (Å²) in [6, 6.07) is 4.97. The molecular weight excluding hydrogens is 256 g/mol. The fraction of sp³-hybridized carbons (Fsp3) is 0.467. The van der Waals surface area contributed by atoms with Crippen molar-refractivity contribution in [2.24, 2.45) is 5.92 Å². The van der Waals surface area contributed by atoms with Crippen molar-refractivity contribution in [1.82, 2.24) is 10.2 Å². The Hall–Kier alpha value is -2.04. The third-order valence-corrected chi connectivity index (χ3v) is 3.93. The molecule has 5 heteroatoms. The number of aromatic hydroxyl groups is 1. The highest BCUT2D eigenvalue weighted by Gasteiger charge is 2.27. The summed E-state index contributed by atoms with van der Waals surface area (Å²) in [5.41, 5.74) is 1.13. The molecule has 2 amide bonds. The van der Waals surface area contributed by atoms with Crippen LogP contribution in [0.1, 0.15) is 28.8 Å². The minimum absolute atomic E-state index is 0.00526. The van der Waals surface area contributed by atoms with Gasteiger partial charge in [-0.25, -0.2) is 0 Å². The molecule has 0 bridgehead atoms. The van der Waals surface area contributed by atoms with Crippen LogP contribution in [0.3, 0.4) is 0 Å². The fourth-order valence-corrected chi connectivity index (χ4v) is 2.57. The molecule has 0 radical (unpaired) electrons. The van der Waals surface area contributed by atoms with Gasteiger partial charge < -0.3 is 15.3 Å². The third kappa shape index (κ3) is 2.76. The first-order chi connectivity index (χ1) is 9.54. The van der Waals surface area contributed by atoms with Gasteiger partial charge in [-0.2, -0.15) is 0 Å². The van der Waals surface area contributed by atoms with Gasteiger partial charge in [-0.15, -0.1) is 0 Å². The van der Waals surface area contributed by atoms with Gasteiger partial charge in [0, 0.05) is 37.2 Å². The molecule has 1 heterocycles. The molecule has 2 rings (SSSR count). The minimum Gasteiger partial charge on any atom is -0.508 e. The number of phenolic OH excluding ortho intramolecular Hbond substituents is 1. The molecule has 0 unspecified atom stereocenters. The molecule has 1 aliphatic rings. The van der Waals surface area contributed by atoms with Crippen LogP contribution in [0, 0.1) is 12.8 Å². The highest BCUT2D eigenvalue weighted by molar-refractivity contribution is 5.96. The summed E-state index contributed by atoms with van der Waals surface area (Å²) < 4.78 is 0. The van der Waals surface area contributed by atoms with Crippen molar-refractivity contribution in [2.45, 2.75) is 19.8 Å². The predicted molar refractivity (Wildman–Crippen MR) is 75.5 cm³/mol. The molecule has 1 aromatic carbocycles. The van der Waals surface area contributed by atoms with E-state index in [1.165, 1.54) is 0 Å². The summed E-state index contributed by atoms with van der Waals surface area (Å²) in [4.78, 5) is 25.7. The summed E-state index contributed by atoms with van der Waals surface area (Å²) in [5, 5.41) is 12.3. The Labute approximate surface area is 118 Å². The Bertz CT molecular complexity index is 520. The van der Waals surface area contributed by atoms with Crippen LogP contribution in [0.15, 0.2) is 18.2 Å². The number of carbonyl (C=O) groups excluding carboxylic acids is 2. The van der Waals surface area contributed by atoms with E-state index in [0.717, 1.165) is 0 Å². The summed E-state index contributed by atoms with van der Waals surface area (Å²) in [5.74, 6) is 0.102. The van der Waals surface area contributed by atoms with E-state index in [0.29, 0.717) is 37.1 Å². The molecular formula is C15H20N2O3. The summed E-state index contributed by atoms with van der Waals surface area (Å²) in [6.45, 7) is 2.89. The first-order valence-corrected chi connectivity index (χ1v) is 6.84. The molecule has 5 nitrogen and oxygen atoms in total. The lowest BCUT2D eigenvalue weighted by Crippen LogP contribution is -2.42. The number of rotatable bonds is 2. The standard InChI is InChI=1S/C15H20N2O3/c1-10-12(4-3-5-13(10)18)15(20)17-8-6-11(7-9-17)14(19)16-2/h3-5,11,18H,6-9H2,1-2H3,(H,16,19). The molecule has 0 aromatic heterocycles. The van der Waals surface area contributed by atoms with Crippen LogP contribution in [0.4, 0.5) is 0 Å². The molecule has 0 spiro atoms. The second kappa shape index (κ2) is 5.94. The maximum Gasteiger partial charge on any atom is 0.254 e. The molecule has 20 heavy (non-hydrogen) atoms. The van der Waals surface area contributed by atoms with Gasteiger partial charge in [-0.1, -0.05) is 6.07 Å². The van der Waals surface area contributed by atoms with Crippen LogP contribution in [0.5, 0.6) is 5.75 Å². The fourth-order valence-electron chi connectivity index (χ4n) is 2.57. The van der Waals surface area contributed by atoms with Gasteiger partial charge in [-0.3, -0.25) is 9.59 Å². The molecule has 1 aliphatic heterocycles. The topological polar surface area (TPSA) is 69.6 Å².